The normalized spacial score (nSPS) is 15.4. The molecule has 0 saturated heterocycles. The Morgan fingerprint density at radius 2 is 2.50 bits per heavy atom. The second-order valence-electron chi connectivity index (χ2n) is 3.62. The van der Waals surface area contributed by atoms with E-state index < -0.39 is 0 Å². The van der Waals surface area contributed by atoms with Crippen LogP contribution in [-0.4, -0.2) is 18.5 Å². The smallest absolute Gasteiger partial charge is 0.275 e. The largest absolute Gasteiger partial charge is 0.463 e. The van der Waals surface area contributed by atoms with Crippen molar-refractivity contribution in [1.29, 1.82) is 0 Å². The van der Waals surface area contributed by atoms with Crippen molar-refractivity contribution in [3.63, 3.8) is 0 Å². The first kappa shape index (κ1) is 9.27. The van der Waals surface area contributed by atoms with Gasteiger partial charge in [0.15, 0.2) is 12.3 Å². The van der Waals surface area contributed by atoms with Crippen LogP contribution in [0.25, 0.3) is 0 Å². The predicted molar refractivity (Wildman–Crippen MR) is 50.4 cm³/mol. The number of rotatable bonds is 5. The van der Waals surface area contributed by atoms with Gasteiger partial charge >= 0.3 is 0 Å². The lowest BCUT2D eigenvalue weighted by Gasteiger charge is -2.01. The highest BCUT2D eigenvalue weighted by molar-refractivity contribution is 5.77. The van der Waals surface area contributed by atoms with Gasteiger partial charge in [0.2, 0.25) is 0 Å². The maximum absolute atomic E-state index is 11.2. The standard InChI is InChI=1S/C10H14N2O2/c13-10(12-8-3-4-8)7-11-6-9-2-1-5-14-9/h1-2,5,8,11H,3-4,6-7H2,(H,12,13)/p+1. The molecule has 14 heavy (non-hydrogen) atoms. The van der Waals surface area contributed by atoms with Gasteiger partial charge in [0, 0.05) is 6.04 Å². The van der Waals surface area contributed by atoms with Crippen molar-refractivity contribution in [2.24, 2.45) is 0 Å². The topological polar surface area (TPSA) is 58.9 Å². The summed E-state index contributed by atoms with van der Waals surface area (Å²) >= 11 is 0. The first-order valence-corrected chi connectivity index (χ1v) is 4.98. The van der Waals surface area contributed by atoms with Crippen LogP contribution in [0.15, 0.2) is 22.8 Å². The zero-order valence-corrected chi connectivity index (χ0v) is 8.03. The van der Waals surface area contributed by atoms with Gasteiger partial charge in [-0.2, -0.15) is 0 Å². The van der Waals surface area contributed by atoms with Gasteiger partial charge in [0.1, 0.15) is 6.54 Å². The van der Waals surface area contributed by atoms with E-state index in [0.717, 1.165) is 25.1 Å². The molecule has 1 aromatic rings. The molecule has 0 unspecified atom stereocenters. The highest BCUT2D eigenvalue weighted by Crippen LogP contribution is 2.17. The highest BCUT2D eigenvalue weighted by Gasteiger charge is 2.23. The Morgan fingerprint density at radius 3 is 3.14 bits per heavy atom. The fourth-order valence-electron chi connectivity index (χ4n) is 1.29. The third-order valence-electron chi connectivity index (χ3n) is 2.20. The van der Waals surface area contributed by atoms with E-state index in [1.807, 2.05) is 17.4 Å². The molecule has 2 rings (SSSR count). The van der Waals surface area contributed by atoms with Crippen molar-refractivity contribution < 1.29 is 14.5 Å². The number of carbonyl (C=O) groups is 1. The molecule has 1 fully saturated rings. The highest BCUT2D eigenvalue weighted by atomic mass is 16.3. The molecule has 1 saturated carbocycles. The van der Waals surface area contributed by atoms with E-state index in [1.54, 1.807) is 6.26 Å². The molecule has 0 aromatic carbocycles. The summed E-state index contributed by atoms with van der Waals surface area (Å²) in [6, 6.07) is 4.22. The van der Waals surface area contributed by atoms with Crippen molar-refractivity contribution >= 4 is 5.91 Å². The van der Waals surface area contributed by atoms with E-state index in [4.69, 9.17) is 4.42 Å². The number of quaternary nitrogens is 1. The molecule has 3 N–H and O–H groups in total. The minimum Gasteiger partial charge on any atom is -0.463 e. The van der Waals surface area contributed by atoms with Crippen LogP contribution in [0.3, 0.4) is 0 Å². The maximum atomic E-state index is 11.2. The number of hydrogen-bond acceptors (Lipinski definition) is 2. The van der Waals surface area contributed by atoms with Gasteiger partial charge in [-0.3, -0.25) is 4.79 Å². The summed E-state index contributed by atoms with van der Waals surface area (Å²) in [7, 11) is 0. The van der Waals surface area contributed by atoms with Crippen LogP contribution in [-0.2, 0) is 11.3 Å². The second-order valence-corrected chi connectivity index (χ2v) is 3.62. The molecule has 0 spiro atoms. The fourth-order valence-corrected chi connectivity index (χ4v) is 1.29. The van der Waals surface area contributed by atoms with Crippen LogP contribution in [0.1, 0.15) is 18.6 Å². The lowest BCUT2D eigenvalue weighted by molar-refractivity contribution is -0.661. The third kappa shape index (κ3) is 2.88. The summed E-state index contributed by atoms with van der Waals surface area (Å²) < 4.78 is 5.15. The van der Waals surface area contributed by atoms with Crippen LogP contribution in [0.4, 0.5) is 0 Å². The Morgan fingerprint density at radius 1 is 1.64 bits per heavy atom. The first-order chi connectivity index (χ1) is 6.84. The molecule has 1 heterocycles. The zero-order valence-electron chi connectivity index (χ0n) is 8.03. The van der Waals surface area contributed by atoms with Crippen molar-refractivity contribution in [2.75, 3.05) is 6.54 Å². The molecule has 1 aliphatic carbocycles. The van der Waals surface area contributed by atoms with Crippen LogP contribution in [0.5, 0.6) is 0 Å². The summed E-state index contributed by atoms with van der Waals surface area (Å²) in [6.07, 6.45) is 3.93. The van der Waals surface area contributed by atoms with Crippen molar-refractivity contribution in [3.8, 4) is 0 Å². The van der Waals surface area contributed by atoms with Gasteiger partial charge in [-0.05, 0) is 25.0 Å². The Kier molecular flexibility index (Phi) is 2.84. The molecule has 0 radical (unpaired) electrons. The monoisotopic (exact) mass is 195 g/mol. The molecule has 0 aliphatic heterocycles. The van der Waals surface area contributed by atoms with Crippen LogP contribution >= 0.6 is 0 Å². The molecule has 1 aromatic heterocycles. The summed E-state index contributed by atoms with van der Waals surface area (Å²) in [4.78, 5) is 11.2. The van der Waals surface area contributed by atoms with Crippen molar-refractivity contribution in [2.45, 2.75) is 25.4 Å². The zero-order chi connectivity index (χ0) is 9.80. The minimum absolute atomic E-state index is 0.124. The van der Waals surface area contributed by atoms with E-state index >= 15 is 0 Å². The predicted octanol–water partition coefficient (Wildman–Crippen LogP) is -0.378. The van der Waals surface area contributed by atoms with Gasteiger partial charge in [0.05, 0.1) is 6.26 Å². The van der Waals surface area contributed by atoms with E-state index in [1.165, 1.54) is 0 Å². The molecule has 4 nitrogen and oxygen atoms in total. The van der Waals surface area contributed by atoms with Gasteiger partial charge in [-0.1, -0.05) is 0 Å². The van der Waals surface area contributed by atoms with Gasteiger partial charge in [-0.15, -0.1) is 0 Å². The molecular formula is C10H15N2O2+. The summed E-state index contributed by atoms with van der Waals surface area (Å²) in [5.74, 6) is 1.03. The van der Waals surface area contributed by atoms with E-state index in [0.29, 0.717) is 12.6 Å². The molecule has 1 amide bonds. The van der Waals surface area contributed by atoms with Crippen molar-refractivity contribution in [3.05, 3.63) is 24.2 Å². The Hall–Kier alpha value is -1.29. The maximum Gasteiger partial charge on any atom is 0.275 e. The number of nitrogens with one attached hydrogen (secondary N) is 1. The quantitative estimate of drug-likeness (QED) is 0.673. The average Bonchev–Trinajstić information content (AvgIpc) is 2.82. The van der Waals surface area contributed by atoms with Gasteiger partial charge in [-0.25, -0.2) is 0 Å². The molecule has 1 aliphatic rings. The van der Waals surface area contributed by atoms with E-state index in [2.05, 4.69) is 5.32 Å². The average molecular weight is 195 g/mol. The SMILES string of the molecule is O=C(C[NH2+]Cc1ccco1)NC1CC1. The third-order valence-corrected chi connectivity index (χ3v) is 2.20. The minimum atomic E-state index is 0.124. The van der Waals surface area contributed by atoms with Crippen LogP contribution < -0.4 is 10.6 Å². The number of hydrogen-bond donors (Lipinski definition) is 2. The second kappa shape index (κ2) is 4.28. The first-order valence-electron chi connectivity index (χ1n) is 4.98. The molecule has 76 valence electrons. The van der Waals surface area contributed by atoms with Gasteiger partial charge < -0.3 is 15.1 Å². The summed E-state index contributed by atoms with van der Waals surface area (Å²) in [6.45, 7) is 1.21. The Balaban J connectivity index is 1.60. The van der Waals surface area contributed by atoms with Crippen LogP contribution in [0, 0.1) is 0 Å². The lowest BCUT2D eigenvalue weighted by atomic mass is 10.4. The molecule has 0 atom stereocenters. The van der Waals surface area contributed by atoms with Crippen molar-refractivity contribution in [1.82, 2.24) is 5.32 Å². The lowest BCUT2D eigenvalue weighted by Crippen LogP contribution is -2.85. The van der Waals surface area contributed by atoms with E-state index in [9.17, 15) is 4.79 Å². The number of amides is 1. The molecule has 4 heteroatoms. The number of furan rings is 1. The number of nitrogens with two attached hydrogens (primary N) is 1. The van der Waals surface area contributed by atoms with E-state index in [-0.39, 0.29) is 5.91 Å². The summed E-state index contributed by atoms with van der Waals surface area (Å²) in [5.41, 5.74) is 0. The van der Waals surface area contributed by atoms with Gasteiger partial charge in [0.25, 0.3) is 5.91 Å². The Labute approximate surface area is 82.7 Å². The summed E-state index contributed by atoms with van der Waals surface area (Å²) in [5, 5.41) is 4.87. The molecular weight excluding hydrogens is 180 g/mol. The fraction of sp³-hybridized carbons (Fsp3) is 0.500. The Bertz CT molecular complexity index is 291. The van der Waals surface area contributed by atoms with Crippen LogP contribution in [0.2, 0.25) is 0 Å². The number of carbonyl (C=O) groups excluding carboxylic acids is 1. The molecule has 0 bridgehead atoms.